The van der Waals surface area contributed by atoms with Gasteiger partial charge >= 0.3 is 12.4 Å². The van der Waals surface area contributed by atoms with Crippen LogP contribution in [0.1, 0.15) is 10.5 Å². The van der Waals surface area contributed by atoms with Crippen LogP contribution in [-0.2, 0) is 9.53 Å². The largest absolute Gasteiger partial charge is 0.391 e. The third-order valence-electron chi connectivity index (χ3n) is 2.03. The van der Waals surface area contributed by atoms with Gasteiger partial charge in [0.1, 0.15) is 5.69 Å². The van der Waals surface area contributed by atoms with E-state index >= 15 is 0 Å². The number of hydrogen-bond acceptors (Lipinski definition) is 3. The number of rotatable bonds is 2. The number of H-pyrrole nitrogens is 1. The first-order valence-electron chi connectivity index (χ1n) is 4.24. The number of hydrogen-bond donors (Lipinski definition) is 1. The van der Waals surface area contributed by atoms with Crippen molar-refractivity contribution in [3.05, 3.63) is 33.9 Å². The monoisotopic (exact) mass is 257 g/mol. The maximum atomic E-state index is 11.2. The van der Waals surface area contributed by atoms with Crippen LogP contribution < -0.4 is 0 Å². The first-order valence-corrected chi connectivity index (χ1v) is 5.00. The number of aromatic amines is 1. The number of carbonyl (C=O) groups excluding carboxylic acids is 2. The summed E-state index contributed by atoms with van der Waals surface area (Å²) in [5.74, 6) is -0.765. The van der Waals surface area contributed by atoms with Crippen molar-refractivity contribution in [3.8, 4) is 0 Å². The fourth-order valence-electron chi connectivity index (χ4n) is 1.38. The van der Waals surface area contributed by atoms with Crippen LogP contribution in [0.5, 0.6) is 0 Å². The van der Waals surface area contributed by atoms with Gasteiger partial charge in [-0.25, -0.2) is 4.79 Å². The molecule has 1 aromatic carbocycles. The minimum absolute atomic E-state index is 0.0719. The summed E-state index contributed by atoms with van der Waals surface area (Å²) in [6, 6.07) is 4.69. The molecule has 4 nitrogen and oxygen atoms in total. The Labute approximate surface area is 100 Å². The van der Waals surface area contributed by atoms with Crippen LogP contribution in [0.3, 0.4) is 0 Å². The second-order valence-electron chi connectivity index (χ2n) is 3.03. The Morgan fingerprint density at radius 3 is 2.75 bits per heavy atom. The highest BCUT2D eigenvalue weighted by Gasteiger charge is 2.12. The van der Waals surface area contributed by atoms with Gasteiger partial charge in [-0.2, -0.15) is 0 Å². The van der Waals surface area contributed by atoms with E-state index in [-0.39, 0.29) is 12.2 Å². The van der Waals surface area contributed by atoms with E-state index in [1.165, 1.54) is 6.07 Å². The molecule has 0 bridgehead atoms. The molecule has 0 saturated carbocycles. The van der Waals surface area contributed by atoms with Crippen LogP contribution >= 0.6 is 23.2 Å². The third kappa shape index (κ3) is 1.89. The molecule has 2 aromatic rings. The summed E-state index contributed by atoms with van der Waals surface area (Å²) >= 11 is 11.7. The van der Waals surface area contributed by atoms with Crippen molar-refractivity contribution >= 4 is 46.5 Å². The normalized spacial score (nSPS) is 10.4. The molecule has 0 saturated heterocycles. The maximum Gasteiger partial charge on any atom is 0.362 e. The number of ether oxygens (including phenoxy) is 1. The molecule has 0 fully saturated rings. The van der Waals surface area contributed by atoms with Crippen LogP contribution in [0, 0.1) is 0 Å². The van der Waals surface area contributed by atoms with Crippen molar-refractivity contribution < 1.29 is 14.3 Å². The van der Waals surface area contributed by atoms with E-state index in [4.69, 9.17) is 23.2 Å². The molecule has 1 heterocycles. The molecule has 16 heavy (non-hydrogen) atoms. The minimum Gasteiger partial charge on any atom is -0.391 e. The Bertz CT molecular complexity index is 577. The average Bonchev–Trinajstić information content (AvgIpc) is 2.62. The van der Waals surface area contributed by atoms with E-state index < -0.39 is 5.97 Å². The molecule has 0 aliphatic carbocycles. The van der Waals surface area contributed by atoms with Gasteiger partial charge in [0.05, 0.1) is 5.02 Å². The van der Waals surface area contributed by atoms with E-state index in [1.54, 1.807) is 12.1 Å². The van der Waals surface area contributed by atoms with Crippen LogP contribution in [0.2, 0.25) is 10.0 Å². The zero-order chi connectivity index (χ0) is 11.7. The summed E-state index contributed by atoms with van der Waals surface area (Å²) in [7, 11) is 0. The van der Waals surface area contributed by atoms with E-state index in [2.05, 4.69) is 9.72 Å². The van der Waals surface area contributed by atoms with Crippen LogP contribution in [0.15, 0.2) is 18.2 Å². The lowest BCUT2D eigenvalue weighted by molar-refractivity contribution is -0.123. The molecular formula is C10H5Cl2NO3. The van der Waals surface area contributed by atoms with Gasteiger partial charge in [-0.15, -0.1) is 0 Å². The molecule has 0 aliphatic rings. The van der Waals surface area contributed by atoms with E-state index in [0.29, 0.717) is 20.9 Å². The lowest BCUT2D eigenvalue weighted by atomic mass is 10.2. The molecule has 6 heteroatoms. The van der Waals surface area contributed by atoms with Crippen molar-refractivity contribution in [2.24, 2.45) is 0 Å². The van der Waals surface area contributed by atoms with Gasteiger partial charge in [-0.05, 0) is 18.2 Å². The van der Waals surface area contributed by atoms with Crippen LogP contribution in [-0.4, -0.2) is 17.4 Å². The third-order valence-corrected chi connectivity index (χ3v) is 2.56. The molecule has 0 spiro atoms. The van der Waals surface area contributed by atoms with Gasteiger partial charge in [0, 0.05) is 15.9 Å². The lowest BCUT2D eigenvalue weighted by Gasteiger charge is -1.94. The molecule has 1 N–H and O–H groups in total. The second kappa shape index (κ2) is 4.15. The smallest absolute Gasteiger partial charge is 0.362 e. The number of benzene rings is 1. The minimum atomic E-state index is -0.765. The van der Waals surface area contributed by atoms with Gasteiger partial charge in [-0.3, -0.25) is 4.79 Å². The number of halogens is 2. The summed E-state index contributed by atoms with van der Waals surface area (Å²) in [6.07, 6.45) is 0. The van der Waals surface area contributed by atoms with Gasteiger partial charge in [0.2, 0.25) is 0 Å². The van der Waals surface area contributed by atoms with Crippen molar-refractivity contribution in [1.82, 2.24) is 4.98 Å². The topological polar surface area (TPSA) is 59.2 Å². The number of aromatic nitrogens is 1. The highest BCUT2D eigenvalue weighted by Crippen LogP contribution is 2.28. The van der Waals surface area contributed by atoms with Gasteiger partial charge in [0.25, 0.3) is 0 Å². The van der Waals surface area contributed by atoms with E-state index in [9.17, 15) is 9.59 Å². The molecule has 1 aromatic heterocycles. The summed E-state index contributed by atoms with van der Waals surface area (Å²) in [5.41, 5.74) is 0.751. The predicted molar refractivity (Wildman–Crippen MR) is 59.8 cm³/mol. The first-order chi connectivity index (χ1) is 7.61. The van der Waals surface area contributed by atoms with E-state index in [1.807, 2.05) is 0 Å². The Kier molecular flexibility index (Phi) is 2.85. The van der Waals surface area contributed by atoms with Crippen molar-refractivity contribution in [3.63, 3.8) is 0 Å². The standard InChI is InChI=1S/C10H5Cl2NO3/c11-5-1-7(12)6-3-9(10(15)16-4-14)13-8(6)2-5/h1-4,13H. The maximum absolute atomic E-state index is 11.2. The molecule has 0 atom stereocenters. The second-order valence-corrected chi connectivity index (χ2v) is 3.88. The highest BCUT2D eigenvalue weighted by molar-refractivity contribution is 6.38. The van der Waals surface area contributed by atoms with Crippen molar-refractivity contribution in [2.45, 2.75) is 0 Å². The molecular weight excluding hydrogens is 253 g/mol. The Balaban J connectivity index is 2.55. The number of nitrogens with one attached hydrogen (secondary N) is 1. The number of fused-ring (bicyclic) bond motifs is 1. The summed E-state index contributed by atoms with van der Waals surface area (Å²) in [4.78, 5) is 24.0. The summed E-state index contributed by atoms with van der Waals surface area (Å²) in [6.45, 7) is 0.0719. The SMILES string of the molecule is O=COC(=O)c1cc2c(Cl)cc(Cl)cc2[nH]1. The quantitative estimate of drug-likeness (QED) is 0.511. The van der Waals surface area contributed by atoms with Crippen LogP contribution in [0.4, 0.5) is 0 Å². The van der Waals surface area contributed by atoms with Gasteiger partial charge in [-0.1, -0.05) is 23.2 Å². The fraction of sp³-hybridized carbons (Fsp3) is 0. The summed E-state index contributed by atoms with van der Waals surface area (Å²) < 4.78 is 4.20. The Morgan fingerprint density at radius 1 is 1.31 bits per heavy atom. The van der Waals surface area contributed by atoms with Gasteiger partial charge < -0.3 is 9.72 Å². The van der Waals surface area contributed by atoms with Gasteiger partial charge in [0.15, 0.2) is 0 Å². The van der Waals surface area contributed by atoms with Crippen molar-refractivity contribution in [1.29, 1.82) is 0 Å². The Hall–Kier alpha value is -1.52. The first kappa shape index (κ1) is 11.0. The zero-order valence-corrected chi connectivity index (χ0v) is 9.30. The van der Waals surface area contributed by atoms with E-state index in [0.717, 1.165) is 0 Å². The number of carbonyl (C=O) groups is 2. The zero-order valence-electron chi connectivity index (χ0n) is 7.79. The predicted octanol–water partition coefficient (Wildman–Crippen LogP) is 2.79. The average molecular weight is 258 g/mol. The highest BCUT2D eigenvalue weighted by atomic mass is 35.5. The summed E-state index contributed by atoms with van der Waals surface area (Å²) in [5, 5.41) is 1.52. The molecule has 82 valence electrons. The molecule has 0 radical (unpaired) electrons. The fourth-order valence-corrected chi connectivity index (χ4v) is 1.93. The Morgan fingerprint density at radius 2 is 2.06 bits per heavy atom. The molecule has 0 unspecified atom stereocenters. The van der Waals surface area contributed by atoms with Crippen LogP contribution in [0.25, 0.3) is 10.9 Å². The molecule has 2 rings (SSSR count). The number of esters is 1. The lowest BCUT2D eigenvalue weighted by Crippen LogP contribution is -2.03. The van der Waals surface area contributed by atoms with Crippen molar-refractivity contribution in [2.75, 3.05) is 0 Å². The molecule has 0 amide bonds. The molecule has 0 aliphatic heterocycles.